The molecule has 1 amide bonds. The third-order valence-corrected chi connectivity index (χ3v) is 4.31. The number of benzene rings is 1. The number of hydrogen-bond donors (Lipinski definition) is 2. The number of carbonyl (C=O) groups is 2. The maximum atomic E-state index is 11.9. The van der Waals surface area contributed by atoms with Crippen LogP contribution in [-0.4, -0.2) is 43.3 Å². The van der Waals surface area contributed by atoms with Crippen molar-refractivity contribution in [1.82, 2.24) is 5.32 Å². The Labute approximate surface area is 150 Å². The number of rotatable bonds is 7. The summed E-state index contributed by atoms with van der Waals surface area (Å²) in [5.74, 6) is -1.56. The Hall–Kier alpha value is -1.50. The molecule has 0 saturated carbocycles. The zero-order valence-electron chi connectivity index (χ0n) is 13.0. The van der Waals surface area contributed by atoms with Gasteiger partial charge < -0.3 is 19.9 Å². The maximum Gasteiger partial charge on any atom is 0.308 e. The SMILES string of the molecule is O=C(COc1cc(Cl)cc(Cl)c1)NCC(C(=O)O)C1CCOCC1. The molecule has 0 bridgehead atoms. The van der Waals surface area contributed by atoms with Gasteiger partial charge in [-0.05, 0) is 37.0 Å². The molecule has 1 aromatic rings. The summed E-state index contributed by atoms with van der Waals surface area (Å²) in [6.45, 7) is 0.942. The summed E-state index contributed by atoms with van der Waals surface area (Å²) in [5, 5.41) is 12.8. The van der Waals surface area contributed by atoms with Crippen LogP contribution in [0.25, 0.3) is 0 Å². The van der Waals surface area contributed by atoms with Crippen LogP contribution in [0.4, 0.5) is 0 Å². The van der Waals surface area contributed by atoms with Crippen molar-refractivity contribution < 1.29 is 24.2 Å². The average molecular weight is 376 g/mol. The van der Waals surface area contributed by atoms with Gasteiger partial charge in [0.2, 0.25) is 0 Å². The maximum absolute atomic E-state index is 11.9. The van der Waals surface area contributed by atoms with E-state index in [1.165, 1.54) is 0 Å². The summed E-state index contributed by atoms with van der Waals surface area (Å²) in [6.07, 6.45) is 1.37. The highest BCUT2D eigenvalue weighted by Gasteiger charge is 2.30. The number of carbonyl (C=O) groups excluding carboxylic acids is 1. The Balaban J connectivity index is 1.81. The van der Waals surface area contributed by atoms with Gasteiger partial charge in [-0.15, -0.1) is 0 Å². The molecule has 1 fully saturated rings. The molecular weight excluding hydrogens is 357 g/mol. The Kier molecular flexibility index (Phi) is 7.15. The standard InChI is InChI=1S/C16H19Cl2NO5/c17-11-5-12(18)7-13(6-11)24-9-15(20)19-8-14(16(21)22)10-1-3-23-4-2-10/h5-7,10,14H,1-4,8-9H2,(H,19,20)(H,21,22). The van der Waals surface area contributed by atoms with Gasteiger partial charge in [0.1, 0.15) is 5.75 Å². The lowest BCUT2D eigenvalue weighted by atomic mass is 9.86. The smallest absolute Gasteiger partial charge is 0.308 e. The second-order valence-corrected chi connectivity index (χ2v) is 6.47. The van der Waals surface area contributed by atoms with Crippen molar-refractivity contribution in [2.75, 3.05) is 26.4 Å². The number of amides is 1. The van der Waals surface area contributed by atoms with E-state index in [-0.39, 0.29) is 19.1 Å². The van der Waals surface area contributed by atoms with Crippen LogP contribution in [0.3, 0.4) is 0 Å². The predicted octanol–water partition coefficient (Wildman–Crippen LogP) is 2.62. The van der Waals surface area contributed by atoms with E-state index in [0.29, 0.717) is 41.9 Å². The molecule has 24 heavy (non-hydrogen) atoms. The van der Waals surface area contributed by atoms with E-state index >= 15 is 0 Å². The molecule has 2 N–H and O–H groups in total. The van der Waals surface area contributed by atoms with E-state index in [9.17, 15) is 14.7 Å². The van der Waals surface area contributed by atoms with Gasteiger partial charge in [-0.1, -0.05) is 23.2 Å². The van der Waals surface area contributed by atoms with E-state index in [1.807, 2.05) is 0 Å². The van der Waals surface area contributed by atoms with Crippen molar-refractivity contribution in [3.63, 3.8) is 0 Å². The molecule has 0 radical (unpaired) electrons. The first-order valence-electron chi connectivity index (χ1n) is 7.62. The van der Waals surface area contributed by atoms with Crippen molar-refractivity contribution >= 4 is 35.1 Å². The van der Waals surface area contributed by atoms with E-state index in [1.54, 1.807) is 18.2 Å². The highest BCUT2D eigenvalue weighted by molar-refractivity contribution is 6.34. The summed E-state index contributed by atoms with van der Waals surface area (Å²) in [6, 6.07) is 4.65. The first-order valence-corrected chi connectivity index (χ1v) is 8.37. The van der Waals surface area contributed by atoms with Crippen molar-refractivity contribution in [1.29, 1.82) is 0 Å². The van der Waals surface area contributed by atoms with Crippen LogP contribution in [0.5, 0.6) is 5.75 Å². The second-order valence-electron chi connectivity index (χ2n) is 5.59. The highest BCUT2D eigenvalue weighted by Crippen LogP contribution is 2.25. The second kappa shape index (κ2) is 9.11. The van der Waals surface area contributed by atoms with Crippen LogP contribution < -0.4 is 10.1 Å². The van der Waals surface area contributed by atoms with Crippen molar-refractivity contribution in [3.8, 4) is 5.75 Å². The number of carboxylic acid groups (broad SMARTS) is 1. The van der Waals surface area contributed by atoms with E-state index in [2.05, 4.69) is 5.32 Å². The van der Waals surface area contributed by atoms with Gasteiger partial charge in [-0.25, -0.2) is 0 Å². The van der Waals surface area contributed by atoms with Gasteiger partial charge in [-0.2, -0.15) is 0 Å². The molecule has 6 nitrogen and oxygen atoms in total. The van der Waals surface area contributed by atoms with E-state index in [0.717, 1.165) is 0 Å². The topological polar surface area (TPSA) is 84.9 Å². The zero-order chi connectivity index (χ0) is 17.5. The fourth-order valence-electron chi connectivity index (χ4n) is 2.61. The molecule has 1 aliphatic rings. The molecule has 1 aliphatic heterocycles. The Morgan fingerprint density at radius 1 is 1.25 bits per heavy atom. The van der Waals surface area contributed by atoms with Crippen LogP contribution >= 0.6 is 23.2 Å². The minimum absolute atomic E-state index is 0.00389. The number of hydrogen-bond acceptors (Lipinski definition) is 4. The Morgan fingerprint density at radius 3 is 2.46 bits per heavy atom. The normalized spacial score (nSPS) is 16.4. The number of halogens is 2. The molecule has 1 heterocycles. The summed E-state index contributed by atoms with van der Waals surface area (Å²) in [7, 11) is 0. The summed E-state index contributed by atoms with van der Waals surface area (Å²) < 4.78 is 10.6. The van der Waals surface area contributed by atoms with Gasteiger partial charge in [-0.3, -0.25) is 9.59 Å². The van der Waals surface area contributed by atoms with Gasteiger partial charge in [0.25, 0.3) is 5.91 Å². The molecule has 132 valence electrons. The summed E-state index contributed by atoms with van der Waals surface area (Å²) in [5.41, 5.74) is 0. The van der Waals surface area contributed by atoms with Gasteiger partial charge in [0.15, 0.2) is 6.61 Å². The van der Waals surface area contributed by atoms with E-state index < -0.39 is 17.8 Å². The van der Waals surface area contributed by atoms with Gasteiger partial charge in [0, 0.05) is 29.8 Å². The number of carboxylic acids is 1. The molecule has 2 rings (SSSR count). The largest absolute Gasteiger partial charge is 0.484 e. The van der Waals surface area contributed by atoms with Crippen LogP contribution in [0, 0.1) is 11.8 Å². The van der Waals surface area contributed by atoms with Crippen LogP contribution in [-0.2, 0) is 14.3 Å². The molecular formula is C16H19Cl2NO5. The quantitative estimate of drug-likeness (QED) is 0.764. The lowest BCUT2D eigenvalue weighted by Crippen LogP contribution is -2.40. The number of ether oxygens (including phenoxy) is 2. The van der Waals surface area contributed by atoms with Crippen LogP contribution in [0.1, 0.15) is 12.8 Å². The average Bonchev–Trinajstić information content (AvgIpc) is 2.53. The molecule has 8 heteroatoms. The van der Waals surface area contributed by atoms with E-state index in [4.69, 9.17) is 32.7 Å². The van der Waals surface area contributed by atoms with Crippen LogP contribution in [0.2, 0.25) is 10.0 Å². The fraction of sp³-hybridized carbons (Fsp3) is 0.500. The molecule has 0 spiro atoms. The summed E-state index contributed by atoms with van der Waals surface area (Å²) >= 11 is 11.7. The molecule has 0 aromatic heterocycles. The monoisotopic (exact) mass is 375 g/mol. The van der Waals surface area contributed by atoms with Crippen molar-refractivity contribution in [3.05, 3.63) is 28.2 Å². The number of aliphatic carboxylic acids is 1. The fourth-order valence-corrected chi connectivity index (χ4v) is 3.12. The summed E-state index contributed by atoms with van der Waals surface area (Å²) in [4.78, 5) is 23.3. The number of nitrogens with one attached hydrogen (secondary N) is 1. The third kappa shape index (κ3) is 5.85. The first kappa shape index (κ1) is 18.8. The highest BCUT2D eigenvalue weighted by atomic mass is 35.5. The Morgan fingerprint density at radius 2 is 1.88 bits per heavy atom. The van der Waals surface area contributed by atoms with Crippen LogP contribution in [0.15, 0.2) is 18.2 Å². The lowest BCUT2D eigenvalue weighted by Gasteiger charge is -2.27. The minimum Gasteiger partial charge on any atom is -0.484 e. The predicted molar refractivity (Wildman–Crippen MR) is 89.6 cm³/mol. The van der Waals surface area contributed by atoms with Gasteiger partial charge in [0.05, 0.1) is 5.92 Å². The molecule has 1 atom stereocenters. The first-order chi connectivity index (χ1) is 11.5. The minimum atomic E-state index is -0.912. The molecule has 1 aromatic carbocycles. The molecule has 0 aliphatic carbocycles. The van der Waals surface area contributed by atoms with Gasteiger partial charge >= 0.3 is 5.97 Å². The molecule has 1 saturated heterocycles. The zero-order valence-corrected chi connectivity index (χ0v) is 14.5. The van der Waals surface area contributed by atoms with Crippen molar-refractivity contribution in [2.45, 2.75) is 12.8 Å². The third-order valence-electron chi connectivity index (χ3n) is 3.88. The Bertz CT molecular complexity index is 570. The van der Waals surface area contributed by atoms with Crippen molar-refractivity contribution in [2.24, 2.45) is 11.8 Å². The molecule has 1 unspecified atom stereocenters. The lowest BCUT2D eigenvalue weighted by molar-refractivity contribution is -0.145.